The number of hydrogen-bond acceptors (Lipinski definition) is 4. The highest BCUT2D eigenvalue weighted by molar-refractivity contribution is 7.15. The Morgan fingerprint density at radius 1 is 1.04 bits per heavy atom. The van der Waals surface area contributed by atoms with Gasteiger partial charge in [0.25, 0.3) is 5.91 Å². The van der Waals surface area contributed by atoms with Crippen molar-refractivity contribution in [3.63, 3.8) is 0 Å². The van der Waals surface area contributed by atoms with Crippen molar-refractivity contribution >= 4 is 28.9 Å². The lowest BCUT2D eigenvalue weighted by Crippen LogP contribution is -2.13. The van der Waals surface area contributed by atoms with Crippen LogP contribution >= 0.6 is 11.3 Å². The van der Waals surface area contributed by atoms with E-state index in [2.05, 4.69) is 10.3 Å². The lowest BCUT2D eigenvalue weighted by molar-refractivity contribution is 0.102. The number of hydrogen-bond donors (Lipinski definition) is 2. The molecule has 0 aliphatic rings. The van der Waals surface area contributed by atoms with Gasteiger partial charge < -0.3 is 11.1 Å². The molecule has 0 radical (unpaired) electrons. The number of amides is 1. The summed E-state index contributed by atoms with van der Waals surface area (Å²) < 4.78 is 0. The number of aromatic nitrogens is 1. The molecule has 3 N–H and O–H groups in total. The molecule has 23 heavy (non-hydrogen) atoms. The molecular formula is C18H17N3OS. The Bertz CT molecular complexity index is 853. The van der Waals surface area contributed by atoms with Crippen molar-refractivity contribution < 1.29 is 4.79 Å². The zero-order valence-electron chi connectivity index (χ0n) is 13.0. The molecule has 1 aromatic carbocycles. The molecule has 0 aliphatic carbocycles. The second-order valence-corrected chi connectivity index (χ2v) is 6.65. The first-order valence-corrected chi connectivity index (χ1v) is 8.06. The minimum absolute atomic E-state index is 0.198. The quantitative estimate of drug-likeness (QED) is 0.756. The molecule has 3 aromatic rings. The largest absolute Gasteiger partial charge is 0.383 e. The average Bonchev–Trinajstić information content (AvgIpc) is 2.94. The summed E-state index contributed by atoms with van der Waals surface area (Å²) in [5, 5.41) is 2.78. The summed E-state index contributed by atoms with van der Waals surface area (Å²) in [5.41, 5.74) is 8.63. The highest BCUT2D eigenvalue weighted by atomic mass is 32.1. The van der Waals surface area contributed by atoms with Gasteiger partial charge in [-0.1, -0.05) is 17.7 Å². The van der Waals surface area contributed by atoms with Gasteiger partial charge in [0.05, 0.1) is 0 Å². The second-order valence-electron chi connectivity index (χ2n) is 5.36. The van der Waals surface area contributed by atoms with Gasteiger partial charge in [0.1, 0.15) is 11.6 Å². The van der Waals surface area contributed by atoms with Crippen molar-refractivity contribution in [1.29, 1.82) is 0 Å². The maximum Gasteiger partial charge on any atom is 0.256 e. The van der Waals surface area contributed by atoms with Crippen LogP contribution in [0.15, 0.2) is 48.5 Å². The summed E-state index contributed by atoms with van der Waals surface area (Å²) in [7, 11) is 0. The molecular weight excluding hydrogens is 306 g/mol. The summed E-state index contributed by atoms with van der Waals surface area (Å²) in [5.74, 6) is 0.662. The van der Waals surface area contributed by atoms with Gasteiger partial charge in [-0.15, -0.1) is 11.3 Å². The van der Waals surface area contributed by atoms with E-state index < -0.39 is 0 Å². The van der Waals surface area contributed by atoms with Gasteiger partial charge in [-0.25, -0.2) is 4.98 Å². The predicted octanol–water partition coefficient (Wildman–Crippen LogP) is 4.26. The van der Waals surface area contributed by atoms with Gasteiger partial charge in [-0.3, -0.25) is 4.79 Å². The molecule has 0 fully saturated rings. The second kappa shape index (κ2) is 6.22. The van der Waals surface area contributed by atoms with E-state index in [0.29, 0.717) is 17.2 Å². The van der Waals surface area contributed by atoms with Crippen molar-refractivity contribution in [1.82, 2.24) is 4.98 Å². The predicted molar refractivity (Wildman–Crippen MR) is 95.8 cm³/mol. The Morgan fingerprint density at radius 2 is 1.78 bits per heavy atom. The molecule has 3 rings (SSSR count). The minimum Gasteiger partial charge on any atom is -0.383 e. The number of nitrogen functional groups attached to an aromatic ring is 1. The number of carbonyl (C=O) groups excluding carboxylic acids is 1. The van der Waals surface area contributed by atoms with Gasteiger partial charge in [0.2, 0.25) is 0 Å². The summed E-state index contributed by atoms with van der Waals surface area (Å²) in [6.07, 6.45) is 0. The average molecular weight is 323 g/mol. The molecule has 0 spiro atoms. The Morgan fingerprint density at radius 3 is 2.39 bits per heavy atom. The van der Waals surface area contributed by atoms with Crippen LogP contribution < -0.4 is 11.1 Å². The van der Waals surface area contributed by atoms with E-state index in [1.165, 1.54) is 4.88 Å². The first kappa shape index (κ1) is 15.2. The topological polar surface area (TPSA) is 68.0 Å². The van der Waals surface area contributed by atoms with Crippen LogP contribution in [0.3, 0.4) is 0 Å². The van der Waals surface area contributed by atoms with Crippen LogP contribution in [-0.4, -0.2) is 10.9 Å². The summed E-state index contributed by atoms with van der Waals surface area (Å²) in [6.45, 7) is 4.03. The van der Waals surface area contributed by atoms with Gasteiger partial charge >= 0.3 is 0 Å². The fourth-order valence-electron chi connectivity index (χ4n) is 2.23. The van der Waals surface area contributed by atoms with Gasteiger partial charge in [0.15, 0.2) is 0 Å². The standard InChI is InChI=1S/C18H17N3OS/c1-11-3-6-13(7-4-11)18(22)21-16-10-8-14(17(19)20-16)15-9-5-12(2)23-15/h3-10H,1-2H3,(H3,19,20,21,22). The molecule has 5 heteroatoms. The van der Waals surface area contributed by atoms with Crippen LogP contribution in [0.25, 0.3) is 10.4 Å². The van der Waals surface area contributed by atoms with Crippen molar-refractivity contribution in [3.8, 4) is 10.4 Å². The molecule has 0 atom stereocenters. The van der Waals surface area contributed by atoms with Gasteiger partial charge in [-0.2, -0.15) is 0 Å². The van der Waals surface area contributed by atoms with E-state index in [9.17, 15) is 4.79 Å². The molecule has 0 aliphatic heterocycles. The highest BCUT2D eigenvalue weighted by Gasteiger charge is 2.10. The molecule has 0 bridgehead atoms. The SMILES string of the molecule is Cc1ccc(C(=O)Nc2ccc(-c3ccc(C)s3)c(N)n2)cc1. The lowest BCUT2D eigenvalue weighted by Gasteiger charge is -2.08. The Labute approximate surface area is 139 Å². The third kappa shape index (κ3) is 3.40. The van der Waals surface area contributed by atoms with Crippen molar-refractivity contribution in [2.75, 3.05) is 11.1 Å². The first-order chi connectivity index (χ1) is 11.0. The van der Waals surface area contributed by atoms with Crippen molar-refractivity contribution in [3.05, 3.63) is 64.5 Å². The smallest absolute Gasteiger partial charge is 0.256 e. The molecule has 1 amide bonds. The van der Waals surface area contributed by atoms with Crippen molar-refractivity contribution in [2.45, 2.75) is 13.8 Å². The van der Waals surface area contributed by atoms with Gasteiger partial charge in [0, 0.05) is 20.9 Å². The van der Waals surface area contributed by atoms with Crippen molar-refractivity contribution in [2.24, 2.45) is 0 Å². The summed E-state index contributed by atoms with van der Waals surface area (Å²) >= 11 is 1.67. The Kier molecular flexibility index (Phi) is 4.12. The minimum atomic E-state index is -0.198. The Hall–Kier alpha value is -2.66. The number of pyridine rings is 1. The van der Waals surface area contributed by atoms with E-state index in [-0.39, 0.29) is 5.91 Å². The van der Waals surface area contributed by atoms with E-state index in [1.807, 2.05) is 44.2 Å². The zero-order valence-corrected chi connectivity index (χ0v) is 13.8. The number of nitrogens with one attached hydrogen (secondary N) is 1. The third-order valence-electron chi connectivity index (χ3n) is 3.49. The maximum absolute atomic E-state index is 12.2. The molecule has 0 saturated carbocycles. The molecule has 0 saturated heterocycles. The first-order valence-electron chi connectivity index (χ1n) is 7.24. The molecule has 2 aromatic heterocycles. The molecule has 4 nitrogen and oxygen atoms in total. The molecule has 0 unspecified atom stereocenters. The van der Waals surface area contributed by atoms with Crippen LogP contribution in [0.5, 0.6) is 0 Å². The highest BCUT2D eigenvalue weighted by Crippen LogP contribution is 2.31. The van der Waals surface area contributed by atoms with Crippen LogP contribution in [0.1, 0.15) is 20.8 Å². The van der Waals surface area contributed by atoms with E-state index in [0.717, 1.165) is 16.0 Å². The van der Waals surface area contributed by atoms with Crippen LogP contribution in [0.4, 0.5) is 11.6 Å². The normalized spacial score (nSPS) is 10.5. The van der Waals surface area contributed by atoms with E-state index in [1.54, 1.807) is 29.5 Å². The lowest BCUT2D eigenvalue weighted by atomic mass is 10.1. The number of carbonyl (C=O) groups is 1. The number of thiophene rings is 1. The Balaban J connectivity index is 1.80. The maximum atomic E-state index is 12.2. The fraction of sp³-hybridized carbons (Fsp3) is 0.111. The van der Waals surface area contributed by atoms with Crippen LogP contribution in [-0.2, 0) is 0 Å². The number of nitrogens with zero attached hydrogens (tertiary/aromatic N) is 1. The number of rotatable bonds is 3. The van der Waals surface area contributed by atoms with E-state index in [4.69, 9.17) is 5.73 Å². The number of benzene rings is 1. The zero-order chi connectivity index (χ0) is 16.4. The van der Waals surface area contributed by atoms with Gasteiger partial charge in [-0.05, 0) is 50.2 Å². The van der Waals surface area contributed by atoms with E-state index >= 15 is 0 Å². The fourth-order valence-corrected chi connectivity index (χ4v) is 3.13. The molecule has 2 heterocycles. The molecule has 116 valence electrons. The summed E-state index contributed by atoms with van der Waals surface area (Å²) in [4.78, 5) is 18.8. The number of nitrogens with two attached hydrogens (primary N) is 1. The van der Waals surface area contributed by atoms with Crippen LogP contribution in [0.2, 0.25) is 0 Å². The van der Waals surface area contributed by atoms with Crippen LogP contribution in [0, 0.1) is 13.8 Å². The summed E-state index contributed by atoms with van der Waals surface area (Å²) in [6, 6.07) is 15.1. The number of anilines is 2. The monoisotopic (exact) mass is 323 g/mol. The number of aryl methyl sites for hydroxylation is 2. The third-order valence-corrected chi connectivity index (χ3v) is 4.52.